The second-order valence-corrected chi connectivity index (χ2v) is 9.11. The number of amides is 2. The molecule has 4 atom stereocenters. The fourth-order valence-electron chi connectivity index (χ4n) is 5.11. The Morgan fingerprint density at radius 3 is 2.96 bits per heavy atom. The van der Waals surface area contributed by atoms with Crippen molar-refractivity contribution in [1.82, 2.24) is 14.8 Å². The molecule has 2 amide bonds. The van der Waals surface area contributed by atoms with Crippen molar-refractivity contribution in [3.05, 3.63) is 41.7 Å². The zero-order valence-corrected chi connectivity index (χ0v) is 16.0. The molecule has 0 aliphatic carbocycles. The molecule has 1 aromatic rings. The van der Waals surface area contributed by atoms with Gasteiger partial charge in [0.25, 0.3) is 0 Å². The molecule has 2 unspecified atom stereocenters. The number of carbonyl (C=O) groups is 2. The van der Waals surface area contributed by atoms with Crippen LogP contribution >= 0.6 is 0 Å². The maximum absolute atomic E-state index is 13.5. The number of ether oxygens (including phenoxy) is 1. The lowest BCUT2D eigenvalue weighted by Crippen LogP contribution is -2.48. The molecule has 142 valence electrons. The Morgan fingerprint density at radius 2 is 2.19 bits per heavy atom. The Kier molecular flexibility index (Phi) is 3.39. The van der Waals surface area contributed by atoms with Crippen molar-refractivity contribution < 1.29 is 14.3 Å². The molecule has 6 nitrogen and oxygen atoms in total. The molecule has 4 aliphatic rings. The van der Waals surface area contributed by atoms with E-state index in [0.29, 0.717) is 19.6 Å². The molecule has 2 saturated heterocycles. The summed E-state index contributed by atoms with van der Waals surface area (Å²) in [4.78, 5) is 34.9. The third kappa shape index (κ3) is 2.32. The van der Waals surface area contributed by atoms with Crippen molar-refractivity contribution in [3.63, 3.8) is 0 Å². The highest BCUT2D eigenvalue weighted by Gasteiger charge is 2.68. The van der Waals surface area contributed by atoms with E-state index in [4.69, 9.17) is 4.74 Å². The van der Waals surface area contributed by atoms with E-state index in [1.54, 1.807) is 6.20 Å². The average Bonchev–Trinajstić information content (AvgIpc) is 3.28. The largest absolute Gasteiger partial charge is 0.360 e. The summed E-state index contributed by atoms with van der Waals surface area (Å²) < 4.78 is 6.24. The number of fused-ring (bicyclic) bond motifs is 2. The lowest BCUT2D eigenvalue weighted by atomic mass is 9.76. The molecule has 0 saturated carbocycles. The van der Waals surface area contributed by atoms with Crippen LogP contribution in [0.5, 0.6) is 0 Å². The molecule has 0 N–H and O–H groups in total. The van der Waals surface area contributed by atoms with Crippen LogP contribution in [0.1, 0.15) is 32.0 Å². The maximum Gasteiger partial charge on any atom is 0.230 e. The Labute approximate surface area is 159 Å². The van der Waals surface area contributed by atoms with Crippen molar-refractivity contribution in [2.24, 2.45) is 11.8 Å². The zero-order valence-electron chi connectivity index (χ0n) is 16.0. The third-order valence-electron chi connectivity index (χ3n) is 6.47. The van der Waals surface area contributed by atoms with Crippen molar-refractivity contribution in [1.29, 1.82) is 0 Å². The summed E-state index contributed by atoms with van der Waals surface area (Å²) >= 11 is 0. The van der Waals surface area contributed by atoms with Gasteiger partial charge in [-0.1, -0.05) is 18.2 Å². The van der Waals surface area contributed by atoms with Crippen LogP contribution < -0.4 is 0 Å². The first kappa shape index (κ1) is 16.9. The van der Waals surface area contributed by atoms with Gasteiger partial charge >= 0.3 is 0 Å². The van der Waals surface area contributed by atoms with Crippen LogP contribution in [0.2, 0.25) is 0 Å². The minimum absolute atomic E-state index is 0.0369. The number of aromatic nitrogens is 1. The Bertz CT molecular complexity index is 858. The van der Waals surface area contributed by atoms with Gasteiger partial charge in [-0.05, 0) is 32.4 Å². The summed E-state index contributed by atoms with van der Waals surface area (Å²) in [7, 11) is 0. The normalized spacial score (nSPS) is 34.2. The molecular weight excluding hydrogens is 342 g/mol. The zero-order chi connectivity index (χ0) is 19.0. The van der Waals surface area contributed by atoms with Crippen LogP contribution in [-0.4, -0.2) is 56.9 Å². The smallest absolute Gasteiger partial charge is 0.230 e. The second-order valence-electron chi connectivity index (χ2n) is 9.11. The number of hydrogen-bond acceptors (Lipinski definition) is 4. The van der Waals surface area contributed by atoms with Crippen LogP contribution in [0.25, 0.3) is 0 Å². The third-order valence-corrected chi connectivity index (χ3v) is 6.47. The lowest BCUT2D eigenvalue weighted by Gasteiger charge is -2.35. The van der Waals surface area contributed by atoms with E-state index < -0.39 is 17.4 Å². The molecule has 1 aromatic heterocycles. The molecule has 4 aliphatic heterocycles. The fraction of sp³-hybridized carbons (Fsp3) is 0.571. The predicted molar refractivity (Wildman–Crippen MR) is 98.5 cm³/mol. The number of carbonyl (C=O) groups excluding carboxylic acids is 2. The second kappa shape index (κ2) is 5.41. The molecule has 5 rings (SSSR count). The molecule has 0 radical (unpaired) electrons. The summed E-state index contributed by atoms with van der Waals surface area (Å²) in [6.07, 6.45) is 6.27. The SMILES string of the molecule is CC(C)(C)N1C[C@]23C=C[C@H](O2)C(C(=O)N2CCc4ncccc4C2)C3C1=O. The summed E-state index contributed by atoms with van der Waals surface area (Å²) in [5, 5.41) is 0. The standard InChI is InChI=1S/C21H25N3O3/c1-20(2,3)24-12-21-8-6-15(27-21)16(17(21)19(24)26)18(25)23-10-7-14-13(11-23)5-4-9-22-14/h4-6,8-9,15-17H,7,10-12H2,1-3H3/t15-,16?,17?,21-/m0/s1. The average molecular weight is 367 g/mol. The minimum Gasteiger partial charge on any atom is -0.360 e. The van der Waals surface area contributed by atoms with Gasteiger partial charge in [-0.25, -0.2) is 0 Å². The van der Waals surface area contributed by atoms with Crippen LogP contribution in [-0.2, 0) is 27.3 Å². The molecule has 27 heavy (non-hydrogen) atoms. The van der Waals surface area contributed by atoms with Gasteiger partial charge < -0.3 is 14.5 Å². The van der Waals surface area contributed by atoms with Crippen molar-refractivity contribution in [2.45, 2.75) is 51.0 Å². The molecule has 0 aromatic carbocycles. The topological polar surface area (TPSA) is 62.7 Å². The lowest BCUT2D eigenvalue weighted by molar-refractivity contribution is -0.145. The van der Waals surface area contributed by atoms with E-state index >= 15 is 0 Å². The highest BCUT2D eigenvalue weighted by molar-refractivity contribution is 5.93. The van der Waals surface area contributed by atoms with Gasteiger partial charge in [0.1, 0.15) is 5.60 Å². The number of hydrogen-bond donors (Lipinski definition) is 0. The monoisotopic (exact) mass is 367 g/mol. The first-order chi connectivity index (χ1) is 12.8. The highest BCUT2D eigenvalue weighted by Crippen LogP contribution is 2.53. The summed E-state index contributed by atoms with van der Waals surface area (Å²) in [6, 6.07) is 3.94. The number of nitrogens with zero attached hydrogens (tertiary/aromatic N) is 3. The van der Waals surface area contributed by atoms with E-state index in [1.807, 2.05) is 54.9 Å². The van der Waals surface area contributed by atoms with E-state index in [2.05, 4.69) is 4.98 Å². The van der Waals surface area contributed by atoms with Gasteiger partial charge in [0.15, 0.2) is 0 Å². The quantitative estimate of drug-likeness (QED) is 0.707. The Hall–Kier alpha value is -2.21. The predicted octanol–water partition coefficient (Wildman–Crippen LogP) is 1.55. The molecule has 5 heterocycles. The maximum atomic E-state index is 13.5. The van der Waals surface area contributed by atoms with E-state index in [-0.39, 0.29) is 23.5 Å². The summed E-state index contributed by atoms with van der Waals surface area (Å²) in [6.45, 7) is 7.83. The van der Waals surface area contributed by atoms with E-state index in [1.165, 1.54) is 0 Å². The van der Waals surface area contributed by atoms with Gasteiger partial charge in [-0.15, -0.1) is 0 Å². The number of rotatable bonds is 1. The van der Waals surface area contributed by atoms with Crippen molar-refractivity contribution in [2.75, 3.05) is 13.1 Å². The molecule has 1 spiro atoms. The first-order valence-electron chi connectivity index (χ1n) is 9.70. The highest BCUT2D eigenvalue weighted by atomic mass is 16.5. The van der Waals surface area contributed by atoms with Gasteiger partial charge in [0.05, 0.1) is 24.5 Å². The summed E-state index contributed by atoms with van der Waals surface area (Å²) in [5.74, 6) is -0.746. The summed E-state index contributed by atoms with van der Waals surface area (Å²) in [5.41, 5.74) is 1.25. The van der Waals surface area contributed by atoms with Crippen molar-refractivity contribution >= 4 is 11.8 Å². The van der Waals surface area contributed by atoms with Crippen LogP contribution in [0.4, 0.5) is 0 Å². The van der Waals surface area contributed by atoms with Gasteiger partial charge in [-0.2, -0.15) is 0 Å². The molecule has 2 bridgehead atoms. The van der Waals surface area contributed by atoms with Gasteiger partial charge in [0, 0.05) is 36.9 Å². The van der Waals surface area contributed by atoms with Gasteiger partial charge in [-0.3, -0.25) is 14.6 Å². The Balaban J connectivity index is 1.44. The minimum atomic E-state index is -0.634. The van der Waals surface area contributed by atoms with Crippen LogP contribution in [0.15, 0.2) is 30.5 Å². The van der Waals surface area contributed by atoms with Crippen molar-refractivity contribution in [3.8, 4) is 0 Å². The van der Waals surface area contributed by atoms with E-state index in [9.17, 15) is 9.59 Å². The fourth-order valence-corrected chi connectivity index (χ4v) is 5.11. The number of pyridine rings is 1. The molecule has 6 heteroatoms. The molecular formula is C21H25N3O3. The number of likely N-dealkylation sites (tertiary alicyclic amines) is 1. The Morgan fingerprint density at radius 1 is 1.37 bits per heavy atom. The van der Waals surface area contributed by atoms with Gasteiger partial charge in [0.2, 0.25) is 11.8 Å². The van der Waals surface area contributed by atoms with Crippen LogP contribution in [0, 0.1) is 11.8 Å². The first-order valence-corrected chi connectivity index (χ1v) is 9.70. The molecule has 2 fully saturated rings. The van der Waals surface area contributed by atoms with Crippen LogP contribution in [0.3, 0.4) is 0 Å². The van der Waals surface area contributed by atoms with E-state index in [0.717, 1.165) is 17.7 Å².